The Morgan fingerprint density at radius 2 is 1.62 bits per heavy atom. The molecule has 0 N–H and O–H groups in total. The lowest BCUT2D eigenvalue weighted by Gasteiger charge is -2.03. The van der Waals surface area contributed by atoms with Crippen LogP contribution in [0.4, 0.5) is 0 Å². The first-order valence-corrected chi connectivity index (χ1v) is 5.87. The normalized spacial score (nSPS) is 10.4. The molecular formula is C16H17. The molecule has 2 aromatic rings. The molecule has 0 amide bonds. The van der Waals surface area contributed by atoms with Crippen LogP contribution in [0.3, 0.4) is 0 Å². The predicted octanol–water partition coefficient (Wildman–Crippen LogP) is 4.41. The van der Waals surface area contributed by atoms with E-state index in [9.17, 15) is 0 Å². The molecule has 0 atom stereocenters. The fraction of sp³-hybridized carbons (Fsp3) is 0.250. The van der Waals surface area contributed by atoms with Gasteiger partial charge in [-0.25, -0.2) is 0 Å². The maximum absolute atomic E-state index is 3.35. The summed E-state index contributed by atoms with van der Waals surface area (Å²) in [6, 6.07) is 18.4. The third-order valence-corrected chi connectivity index (χ3v) is 2.78. The van der Waals surface area contributed by atoms with Crippen LogP contribution in [-0.4, -0.2) is 0 Å². The molecule has 2 rings (SSSR count). The van der Waals surface area contributed by atoms with Gasteiger partial charge in [-0.1, -0.05) is 55.3 Å². The van der Waals surface area contributed by atoms with Crippen LogP contribution in [-0.2, 0) is 6.42 Å². The van der Waals surface area contributed by atoms with E-state index in [1.54, 1.807) is 0 Å². The molecular weight excluding hydrogens is 192 g/mol. The monoisotopic (exact) mass is 209 g/mol. The van der Waals surface area contributed by atoms with Crippen molar-refractivity contribution in [3.63, 3.8) is 0 Å². The zero-order valence-corrected chi connectivity index (χ0v) is 9.96. The van der Waals surface area contributed by atoms with Crippen LogP contribution in [0.5, 0.6) is 0 Å². The first-order valence-electron chi connectivity index (χ1n) is 5.87. The molecule has 2 aromatic carbocycles. The summed E-state index contributed by atoms with van der Waals surface area (Å²) < 4.78 is 0. The third-order valence-electron chi connectivity index (χ3n) is 2.78. The van der Waals surface area contributed by atoms with Crippen molar-refractivity contribution in [3.05, 3.63) is 59.7 Å². The molecule has 0 nitrogen and oxygen atoms in total. The summed E-state index contributed by atoms with van der Waals surface area (Å²) in [4.78, 5) is 0. The molecule has 0 saturated carbocycles. The Hall–Kier alpha value is -1.56. The number of hydrogen-bond acceptors (Lipinski definition) is 0. The fourth-order valence-corrected chi connectivity index (χ4v) is 1.81. The van der Waals surface area contributed by atoms with E-state index < -0.39 is 0 Å². The Morgan fingerprint density at radius 3 is 2.19 bits per heavy atom. The SMILES string of the molecule is CCCc1[c]cc(-c2ccc(C)cc2)cc1. The fourth-order valence-electron chi connectivity index (χ4n) is 1.81. The van der Waals surface area contributed by atoms with Crippen molar-refractivity contribution in [1.82, 2.24) is 0 Å². The van der Waals surface area contributed by atoms with Crippen molar-refractivity contribution in [3.8, 4) is 11.1 Å². The molecule has 0 fully saturated rings. The minimum atomic E-state index is 1.12. The summed E-state index contributed by atoms with van der Waals surface area (Å²) in [5, 5.41) is 0. The Balaban J connectivity index is 2.24. The summed E-state index contributed by atoms with van der Waals surface area (Å²) in [7, 11) is 0. The van der Waals surface area contributed by atoms with Crippen molar-refractivity contribution in [2.45, 2.75) is 26.7 Å². The molecule has 0 aromatic heterocycles. The lowest BCUT2D eigenvalue weighted by Crippen LogP contribution is -1.84. The molecule has 0 heteroatoms. The summed E-state index contributed by atoms with van der Waals surface area (Å²) in [5.41, 5.74) is 5.12. The van der Waals surface area contributed by atoms with Gasteiger partial charge in [0.1, 0.15) is 0 Å². The summed E-state index contributed by atoms with van der Waals surface area (Å²) >= 11 is 0. The Labute approximate surface area is 97.9 Å². The van der Waals surface area contributed by atoms with Gasteiger partial charge in [-0.3, -0.25) is 0 Å². The van der Waals surface area contributed by atoms with Gasteiger partial charge in [-0.15, -0.1) is 0 Å². The van der Waals surface area contributed by atoms with E-state index in [0.29, 0.717) is 0 Å². The van der Waals surface area contributed by atoms with E-state index in [0.717, 1.165) is 6.42 Å². The van der Waals surface area contributed by atoms with Gasteiger partial charge in [0.05, 0.1) is 0 Å². The molecule has 0 aliphatic carbocycles. The lowest BCUT2D eigenvalue weighted by atomic mass is 10.0. The summed E-state index contributed by atoms with van der Waals surface area (Å²) in [6.45, 7) is 4.31. The second-order valence-corrected chi connectivity index (χ2v) is 4.22. The molecule has 0 heterocycles. The van der Waals surface area contributed by atoms with Gasteiger partial charge in [0.25, 0.3) is 0 Å². The molecule has 1 radical (unpaired) electrons. The quantitative estimate of drug-likeness (QED) is 0.702. The molecule has 0 saturated heterocycles. The second kappa shape index (κ2) is 4.98. The molecule has 0 unspecified atom stereocenters. The van der Waals surface area contributed by atoms with E-state index in [2.05, 4.69) is 62.4 Å². The number of hydrogen-bond donors (Lipinski definition) is 0. The molecule has 0 aliphatic rings. The van der Waals surface area contributed by atoms with Crippen LogP contribution >= 0.6 is 0 Å². The largest absolute Gasteiger partial charge is 0.0651 e. The van der Waals surface area contributed by atoms with E-state index in [-0.39, 0.29) is 0 Å². The average Bonchev–Trinajstić information content (AvgIpc) is 2.32. The van der Waals surface area contributed by atoms with Gasteiger partial charge in [0, 0.05) is 0 Å². The molecule has 16 heavy (non-hydrogen) atoms. The zero-order valence-electron chi connectivity index (χ0n) is 9.96. The standard InChI is InChI=1S/C16H17/c1-3-4-14-7-11-16(12-8-14)15-9-5-13(2)6-10-15/h5-7,9-12H,3-4H2,1-2H3. The van der Waals surface area contributed by atoms with Crippen molar-refractivity contribution in [1.29, 1.82) is 0 Å². The van der Waals surface area contributed by atoms with Gasteiger partial charge < -0.3 is 0 Å². The van der Waals surface area contributed by atoms with Crippen LogP contribution in [0.25, 0.3) is 11.1 Å². The number of rotatable bonds is 3. The minimum absolute atomic E-state index is 1.12. The lowest BCUT2D eigenvalue weighted by molar-refractivity contribution is 0.920. The van der Waals surface area contributed by atoms with Crippen LogP contribution in [0.2, 0.25) is 0 Å². The summed E-state index contributed by atoms with van der Waals surface area (Å²) in [5.74, 6) is 0. The van der Waals surface area contributed by atoms with Gasteiger partial charge in [0.2, 0.25) is 0 Å². The van der Waals surface area contributed by atoms with Crippen molar-refractivity contribution in [2.75, 3.05) is 0 Å². The van der Waals surface area contributed by atoms with Crippen molar-refractivity contribution >= 4 is 0 Å². The first-order chi connectivity index (χ1) is 7.79. The van der Waals surface area contributed by atoms with Crippen LogP contribution in [0.15, 0.2) is 42.5 Å². The van der Waals surface area contributed by atoms with Crippen molar-refractivity contribution in [2.24, 2.45) is 0 Å². The predicted molar refractivity (Wildman–Crippen MR) is 69.4 cm³/mol. The Morgan fingerprint density at radius 1 is 0.938 bits per heavy atom. The molecule has 0 spiro atoms. The first kappa shape index (κ1) is 10.9. The second-order valence-electron chi connectivity index (χ2n) is 4.22. The zero-order chi connectivity index (χ0) is 11.4. The third kappa shape index (κ3) is 2.52. The van der Waals surface area contributed by atoms with Crippen LogP contribution < -0.4 is 0 Å². The highest BCUT2D eigenvalue weighted by molar-refractivity contribution is 5.63. The highest BCUT2D eigenvalue weighted by Gasteiger charge is 1.97. The van der Waals surface area contributed by atoms with Gasteiger partial charge in [-0.05, 0) is 42.2 Å². The molecule has 81 valence electrons. The maximum Gasteiger partial charge on any atom is -0.0143 e. The van der Waals surface area contributed by atoms with E-state index in [1.165, 1.54) is 28.7 Å². The minimum Gasteiger partial charge on any atom is -0.0651 e. The van der Waals surface area contributed by atoms with Gasteiger partial charge >= 0.3 is 0 Å². The Bertz CT molecular complexity index is 434. The number of aryl methyl sites for hydroxylation is 2. The maximum atomic E-state index is 3.35. The highest BCUT2D eigenvalue weighted by Crippen LogP contribution is 2.20. The summed E-state index contributed by atoms with van der Waals surface area (Å²) in [6.07, 6.45) is 2.30. The van der Waals surface area contributed by atoms with Gasteiger partial charge in [-0.2, -0.15) is 0 Å². The topological polar surface area (TPSA) is 0 Å². The van der Waals surface area contributed by atoms with E-state index in [1.807, 2.05) is 0 Å². The average molecular weight is 209 g/mol. The van der Waals surface area contributed by atoms with E-state index >= 15 is 0 Å². The van der Waals surface area contributed by atoms with Crippen LogP contribution in [0, 0.1) is 13.0 Å². The smallest absolute Gasteiger partial charge is 0.0143 e. The van der Waals surface area contributed by atoms with Crippen LogP contribution in [0.1, 0.15) is 24.5 Å². The molecule has 0 aliphatic heterocycles. The highest BCUT2D eigenvalue weighted by atomic mass is 14.0. The van der Waals surface area contributed by atoms with E-state index in [4.69, 9.17) is 0 Å². The molecule has 0 bridgehead atoms. The van der Waals surface area contributed by atoms with Gasteiger partial charge in [0.15, 0.2) is 0 Å². The number of benzene rings is 2. The van der Waals surface area contributed by atoms with Crippen molar-refractivity contribution < 1.29 is 0 Å². The Kier molecular flexibility index (Phi) is 3.40.